The molecule has 68 valence electrons. The van der Waals surface area contributed by atoms with Gasteiger partial charge in [0.05, 0.1) is 6.10 Å². The maximum atomic E-state index is 10.4. The van der Waals surface area contributed by atoms with E-state index in [9.17, 15) is 8.42 Å². The molecule has 0 aromatic heterocycles. The summed E-state index contributed by atoms with van der Waals surface area (Å²) in [6.07, 6.45) is -0.626. The van der Waals surface area contributed by atoms with Gasteiger partial charge in [-0.2, -0.15) is 8.42 Å². The van der Waals surface area contributed by atoms with E-state index in [1.807, 2.05) is 0 Å². The van der Waals surface area contributed by atoms with Gasteiger partial charge in [-0.1, -0.05) is 0 Å². The molecule has 0 rings (SSSR count). The number of hydrogen-bond acceptors (Lipinski definition) is 4. The van der Waals surface area contributed by atoms with Crippen molar-refractivity contribution < 1.29 is 18.1 Å². The van der Waals surface area contributed by atoms with Gasteiger partial charge in [0.1, 0.15) is 5.37 Å². The van der Waals surface area contributed by atoms with Gasteiger partial charge < -0.3 is 5.11 Å². The van der Waals surface area contributed by atoms with E-state index < -0.39 is 21.6 Å². The average Bonchev–Trinajstić information content (AvgIpc) is 1.80. The Bertz CT molecular complexity index is 199. The Hall–Kier alpha value is -0.170. The number of aliphatic hydroxyl groups is 1. The van der Waals surface area contributed by atoms with Crippen molar-refractivity contribution in [1.82, 2.24) is 5.32 Å². The first-order chi connectivity index (χ1) is 4.84. The van der Waals surface area contributed by atoms with Crippen molar-refractivity contribution in [2.24, 2.45) is 0 Å². The van der Waals surface area contributed by atoms with Crippen LogP contribution in [0.15, 0.2) is 0 Å². The second kappa shape index (κ2) is 4.01. The average molecular weight is 183 g/mol. The molecule has 2 atom stereocenters. The topological polar surface area (TPSA) is 86.6 Å². The summed E-state index contributed by atoms with van der Waals surface area (Å²) >= 11 is 0. The number of aliphatic hydroxyl groups excluding tert-OH is 1. The SMILES string of the molecule is CC(O)CNC(C)S(=O)(=O)O. The summed E-state index contributed by atoms with van der Waals surface area (Å²) in [5.41, 5.74) is 0. The predicted octanol–water partition coefficient (Wildman–Crippen LogP) is -0.809. The molecule has 0 saturated heterocycles. The molecule has 0 amide bonds. The van der Waals surface area contributed by atoms with Gasteiger partial charge in [0.2, 0.25) is 0 Å². The zero-order valence-electron chi connectivity index (χ0n) is 6.48. The molecule has 2 unspecified atom stereocenters. The van der Waals surface area contributed by atoms with Gasteiger partial charge in [0, 0.05) is 6.54 Å². The molecule has 0 fully saturated rings. The van der Waals surface area contributed by atoms with Gasteiger partial charge >= 0.3 is 0 Å². The van der Waals surface area contributed by atoms with Crippen molar-refractivity contribution >= 4 is 10.1 Å². The molecule has 11 heavy (non-hydrogen) atoms. The summed E-state index contributed by atoms with van der Waals surface area (Å²) in [5, 5.41) is 10.1. The summed E-state index contributed by atoms with van der Waals surface area (Å²) in [6, 6.07) is 0. The van der Waals surface area contributed by atoms with E-state index in [2.05, 4.69) is 5.32 Å². The third-order valence-electron chi connectivity index (χ3n) is 1.15. The van der Waals surface area contributed by atoms with E-state index in [1.165, 1.54) is 13.8 Å². The monoisotopic (exact) mass is 183 g/mol. The molecule has 0 aliphatic rings. The Labute approximate surface area is 66.2 Å². The van der Waals surface area contributed by atoms with E-state index in [1.54, 1.807) is 0 Å². The van der Waals surface area contributed by atoms with Crippen molar-refractivity contribution in [3.05, 3.63) is 0 Å². The first-order valence-electron chi connectivity index (χ1n) is 3.21. The van der Waals surface area contributed by atoms with Crippen LogP contribution in [0.2, 0.25) is 0 Å². The summed E-state index contributed by atoms with van der Waals surface area (Å²) in [7, 11) is -4.02. The fourth-order valence-electron chi connectivity index (χ4n) is 0.442. The lowest BCUT2D eigenvalue weighted by molar-refractivity contribution is 0.190. The molecule has 0 aliphatic heterocycles. The predicted molar refractivity (Wildman–Crippen MR) is 40.7 cm³/mol. The maximum Gasteiger partial charge on any atom is 0.280 e. The van der Waals surface area contributed by atoms with E-state index in [0.29, 0.717) is 0 Å². The van der Waals surface area contributed by atoms with Crippen LogP contribution in [0.25, 0.3) is 0 Å². The van der Waals surface area contributed by atoms with Crippen molar-refractivity contribution in [3.63, 3.8) is 0 Å². The first kappa shape index (κ1) is 10.8. The molecular formula is C5H13NO4S. The lowest BCUT2D eigenvalue weighted by Gasteiger charge is -2.11. The normalized spacial score (nSPS) is 17.8. The Morgan fingerprint density at radius 1 is 1.45 bits per heavy atom. The smallest absolute Gasteiger partial charge is 0.280 e. The quantitative estimate of drug-likeness (QED) is 0.496. The number of nitrogens with one attached hydrogen (secondary N) is 1. The highest BCUT2D eigenvalue weighted by molar-refractivity contribution is 7.86. The van der Waals surface area contributed by atoms with Crippen LogP contribution in [0.4, 0.5) is 0 Å². The van der Waals surface area contributed by atoms with Crippen LogP contribution in [0.5, 0.6) is 0 Å². The minimum atomic E-state index is -4.02. The van der Waals surface area contributed by atoms with Gasteiger partial charge in [-0.15, -0.1) is 0 Å². The molecule has 0 heterocycles. The molecule has 3 N–H and O–H groups in total. The standard InChI is InChI=1S/C5H13NO4S/c1-4(7)3-6-5(2)11(8,9)10/h4-7H,3H2,1-2H3,(H,8,9,10). The summed E-state index contributed by atoms with van der Waals surface area (Å²) in [5.74, 6) is 0. The second-order valence-corrected chi connectivity index (χ2v) is 4.15. The van der Waals surface area contributed by atoms with Crippen LogP contribution in [0, 0.1) is 0 Å². The Kier molecular flexibility index (Phi) is 3.95. The lowest BCUT2D eigenvalue weighted by atomic mass is 10.4. The number of hydrogen-bond donors (Lipinski definition) is 3. The zero-order chi connectivity index (χ0) is 9.07. The first-order valence-corrected chi connectivity index (χ1v) is 4.72. The second-order valence-electron chi connectivity index (χ2n) is 2.41. The van der Waals surface area contributed by atoms with E-state index in [0.717, 1.165) is 0 Å². The molecule has 0 saturated carbocycles. The fraction of sp³-hybridized carbons (Fsp3) is 1.00. The molecule has 0 bridgehead atoms. The third kappa shape index (κ3) is 5.14. The van der Waals surface area contributed by atoms with Crippen LogP contribution in [0.1, 0.15) is 13.8 Å². The van der Waals surface area contributed by atoms with Gasteiger partial charge in [0.15, 0.2) is 0 Å². The van der Waals surface area contributed by atoms with Crippen LogP contribution in [-0.2, 0) is 10.1 Å². The molecule has 0 radical (unpaired) electrons. The van der Waals surface area contributed by atoms with Gasteiger partial charge in [0.25, 0.3) is 10.1 Å². The maximum absolute atomic E-state index is 10.4. The van der Waals surface area contributed by atoms with Crippen molar-refractivity contribution in [1.29, 1.82) is 0 Å². The van der Waals surface area contributed by atoms with Crippen LogP contribution in [-0.4, -0.2) is 36.1 Å². The molecule has 0 aromatic carbocycles. The molecular weight excluding hydrogens is 170 g/mol. The van der Waals surface area contributed by atoms with Crippen molar-refractivity contribution in [2.75, 3.05) is 6.54 Å². The minimum Gasteiger partial charge on any atom is -0.392 e. The Balaban J connectivity index is 3.81. The fourth-order valence-corrected chi connectivity index (χ4v) is 0.749. The Morgan fingerprint density at radius 3 is 2.18 bits per heavy atom. The summed E-state index contributed by atoms with van der Waals surface area (Å²) < 4.78 is 29.1. The van der Waals surface area contributed by atoms with Crippen LogP contribution in [0.3, 0.4) is 0 Å². The highest BCUT2D eigenvalue weighted by Crippen LogP contribution is 1.92. The van der Waals surface area contributed by atoms with Gasteiger partial charge in [-0.3, -0.25) is 9.87 Å². The Morgan fingerprint density at radius 2 is 1.91 bits per heavy atom. The molecule has 0 aliphatic carbocycles. The van der Waals surface area contributed by atoms with Crippen molar-refractivity contribution in [3.8, 4) is 0 Å². The molecule has 6 heteroatoms. The van der Waals surface area contributed by atoms with Crippen LogP contribution >= 0.6 is 0 Å². The number of rotatable bonds is 4. The van der Waals surface area contributed by atoms with Gasteiger partial charge in [-0.05, 0) is 13.8 Å². The highest BCUT2D eigenvalue weighted by atomic mass is 32.2. The lowest BCUT2D eigenvalue weighted by Crippen LogP contribution is -2.37. The van der Waals surface area contributed by atoms with Crippen molar-refractivity contribution in [2.45, 2.75) is 25.3 Å². The summed E-state index contributed by atoms with van der Waals surface area (Å²) in [6.45, 7) is 2.96. The van der Waals surface area contributed by atoms with E-state index in [-0.39, 0.29) is 6.54 Å². The molecule has 5 nitrogen and oxygen atoms in total. The zero-order valence-corrected chi connectivity index (χ0v) is 7.30. The third-order valence-corrected chi connectivity index (χ3v) is 2.21. The molecule has 0 spiro atoms. The van der Waals surface area contributed by atoms with Gasteiger partial charge in [-0.25, -0.2) is 0 Å². The summed E-state index contributed by atoms with van der Waals surface area (Å²) in [4.78, 5) is 0. The van der Waals surface area contributed by atoms with Crippen LogP contribution < -0.4 is 5.32 Å². The van der Waals surface area contributed by atoms with E-state index in [4.69, 9.17) is 9.66 Å². The minimum absolute atomic E-state index is 0.140. The largest absolute Gasteiger partial charge is 0.392 e. The highest BCUT2D eigenvalue weighted by Gasteiger charge is 2.16. The van der Waals surface area contributed by atoms with E-state index >= 15 is 0 Å². The molecule has 0 aromatic rings.